The van der Waals surface area contributed by atoms with Gasteiger partial charge in [-0.05, 0) is 37.1 Å². The first kappa shape index (κ1) is 18.1. The summed E-state index contributed by atoms with van der Waals surface area (Å²) >= 11 is 0. The van der Waals surface area contributed by atoms with Crippen molar-refractivity contribution in [3.8, 4) is 0 Å². The van der Waals surface area contributed by atoms with E-state index in [2.05, 4.69) is 32.4 Å². The van der Waals surface area contributed by atoms with Crippen molar-refractivity contribution < 1.29 is 4.79 Å². The number of anilines is 2. The van der Waals surface area contributed by atoms with E-state index in [9.17, 15) is 4.79 Å². The van der Waals surface area contributed by atoms with Gasteiger partial charge >= 0.3 is 6.03 Å². The zero-order chi connectivity index (χ0) is 19.5. The second-order valence-electron chi connectivity index (χ2n) is 7.14. The van der Waals surface area contributed by atoms with Crippen molar-refractivity contribution in [3.05, 3.63) is 48.5 Å². The number of hydrogen-bond acceptors (Lipinski definition) is 6. The number of hydrogen-bond donors (Lipinski definition) is 1. The highest BCUT2D eigenvalue weighted by atomic mass is 16.2. The van der Waals surface area contributed by atoms with Gasteiger partial charge in [0.05, 0.1) is 18.1 Å². The Labute approximate surface area is 163 Å². The van der Waals surface area contributed by atoms with Crippen molar-refractivity contribution in [1.29, 1.82) is 0 Å². The molecule has 4 rings (SSSR count). The van der Waals surface area contributed by atoms with Crippen LogP contribution in [-0.4, -0.2) is 58.1 Å². The maximum absolute atomic E-state index is 12.5. The summed E-state index contributed by atoms with van der Waals surface area (Å²) in [7, 11) is 3.75. The number of urea groups is 1. The molecule has 0 saturated carbocycles. The summed E-state index contributed by atoms with van der Waals surface area (Å²) in [6.45, 7) is 1.38. The van der Waals surface area contributed by atoms with Crippen LogP contribution in [0.3, 0.4) is 0 Å². The molecule has 8 heteroatoms. The molecule has 1 fully saturated rings. The van der Waals surface area contributed by atoms with Gasteiger partial charge in [0.2, 0.25) is 5.95 Å². The van der Waals surface area contributed by atoms with Crippen LogP contribution < -0.4 is 10.2 Å². The Balaban J connectivity index is 1.35. The fourth-order valence-corrected chi connectivity index (χ4v) is 3.39. The van der Waals surface area contributed by atoms with Gasteiger partial charge in [0.25, 0.3) is 0 Å². The van der Waals surface area contributed by atoms with Crippen LogP contribution in [0.4, 0.5) is 16.4 Å². The maximum atomic E-state index is 12.5. The zero-order valence-electron chi connectivity index (χ0n) is 16.0. The largest absolute Gasteiger partial charge is 0.347 e. The molecule has 4 heterocycles. The van der Waals surface area contributed by atoms with E-state index in [1.165, 1.54) is 0 Å². The molecular formula is C20H23N7O. The Morgan fingerprint density at radius 2 is 1.86 bits per heavy atom. The van der Waals surface area contributed by atoms with Crippen LogP contribution in [-0.2, 0) is 0 Å². The quantitative estimate of drug-likeness (QED) is 0.755. The molecule has 0 aromatic carbocycles. The Bertz CT molecular complexity index is 966. The van der Waals surface area contributed by atoms with Gasteiger partial charge < -0.3 is 15.1 Å². The van der Waals surface area contributed by atoms with Crippen molar-refractivity contribution in [1.82, 2.24) is 24.8 Å². The normalized spacial score (nSPS) is 14.9. The molecule has 1 aliphatic rings. The summed E-state index contributed by atoms with van der Waals surface area (Å²) < 4.78 is 0. The van der Waals surface area contributed by atoms with E-state index < -0.39 is 0 Å². The molecule has 3 aromatic rings. The average molecular weight is 377 g/mol. The van der Waals surface area contributed by atoms with E-state index in [1.807, 2.05) is 36.0 Å². The smallest absolute Gasteiger partial charge is 0.321 e. The van der Waals surface area contributed by atoms with Crippen LogP contribution in [0.2, 0.25) is 0 Å². The molecule has 28 heavy (non-hydrogen) atoms. The van der Waals surface area contributed by atoms with Gasteiger partial charge in [-0.15, -0.1) is 0 Å². The summed E-state index contributed by atoms with van der Waals surface area (Å²) in [5, 5.41) is 3.92. The van der Waals surface area contributed by atoms with E-state index in [4.69, 9.17) is 4.98 Å². The van der Waals surface area contributed by atoms with E-state index >= 15 is 0 Å². The molecule has 144 valence electrons. The van der Waals surface area contributed by atoms with Gasteiger partial charge in [0.15, 0.2) is 5.65 Å². The van der Waals surface area contributed by atoms with Crippen LogP contribution in [0, 0.1) is 0 Å². The molecule has 0 aliphatic carbocycles. The van der Waals surface area contributed by atoms with Gasteiger partial charge in [-0.25, -0.2) is 24.7 Å². The highest BCUT2D eigenvalue weighted by Crippen LogP contribution is 2.28. The average Bonchev–Trinajstić information content (AvgIpc) is 2.74. The Morgan fingerprint density at radius 1 is 1.11 bits per heavy atom. The number of nitrogens with one attached hydrogen (secondary N) is 1. The third-order valence-corrected chi connectivity index (χ3v) is 4.98. The molecule has 0 unspecified atom stereocenters. The lowest BCUT2D eigenvalue weighted by molar-refractivity contribution is 0.194. The number of carbonyl (C=O) groups is 1. The minimum atomic E-state index is -0.118. The fourth-order valence-electron chi connectivity index (χ4n) is 3.39. The Hall–Kier alpha value is -3.29. The topological polar surface area (TPSA) is 87.1 Å². The number of fused-ring (bicyclic) bond motifs is 1. The molecule has 3 aromatic heterocycles. The van der Waals surface area contributed by atoms with Gasteiger partial charge in [-0.3, -0.25) is 0 Å². The molecule has 0 bridgehead atoms. The van der Waals surface area contributed by atoms with Gasteiger partial charge in [0.1, 0.15) is 0 Å². The van der Waals surface area contributed by atoms with E-state index in [0.717, 1.165) is 29.6 Å². The molecule has 0 atom stereocenters. The lowest BCUT2D eigenvalue weighted by Gasteiger charge is -2.31. The number of carbonyl (C=O) groups excluding carboxylic acids is 1. The summed E-state index contributed by atoms with van der Waals surface area (Å²) in [4.78, 5) is 33.7. The molecule has 1 N–H and O–H groups in total. The van der Waals surface area contributed by atoms with Crippen molar-refractivity contribution >= 4 is 28.7 Å². The minimum absolute atomic E-state index is 0.118. The molecule has 8 nitrogen and oxygen atoms in total. The lowest BCUT2D eigenvalue weighted by atomic mass is 9.93. The zero-order valence-corrected chi connectivity index (χ0v) is 16.0. The number of piperidine rings is 1. The van der Waals surface area contributed by atoms with Crippen molar-refractivity contribution in [2.24, 2.45) is 0 Å². The molecular weight excluding hydrogens is 354 g/mol. The predicted octanol–water partition coefficient (Wildman–Crippen LogP) is 2.90. The van der Waals surface area contributed by atoms with E-state index in [0.29, 0.717) is 30.6 Å². The standard InChI is InChI=1S/C20H23N7O/c1-26(2)19-22-12-16(13-23-19)24-20(28)27-10-7-14(8-11-27)17-6-5-15-4-3-9-21-18(15)25-17/h3-6,9,12-14H,7-8,10-11H2,1-2H3,(H,24,28). The molecule has 1 aliphatic heterocycles. The summed E-state index contributed by atoms with van der Waals surface area (Å²) in [6, 6.07) is 7.96. The number of likely N-dealkylation sites (tertiary alicyclic amines) is 1. The van der Waals surface area contributed by atoms with Crippen molar-refractivity contribution in [2.45, 2.75) is 18.8 Å². The molecule has 0 spiro atoms. The van der Waals surface area contributed by atoms with Gasteiger partial charge in [0, 0.05) is 50.4 Å². The Kier molecular flexibility index (Phi) is 5.01. The summed E-state index contributed by atoms with van der Waals surface area (Å²) in [5.41, 5.74) is 2.43. The van der Waals surface area contributed by atoms with Gasteiger partial charge in [-0.1, -0.05) is 0 Å². The molecule has 0 radical (unpaired) electrons. The van der Waals surface area contributed by atoms with E-state index in [1.54, 1.807) is 18.6 Å². The fraction of sp³-hybridized carbons (Fsp3) is 0.350. The number of aromatic nitrogens is 4. The minimum Gasteiger partial charge on any atom is -0.347 e. The second-order valence-corrected chi connectivity index (χ2v) is 7.14. The van der Waals surface area contributed by atoms with Crippen molar-refractivity contribution in [3.63, 3.8) is 0 Å². The van der Waals surface area contributed by atoms with Crippen LogP contribution in [0.1, 0.15) is 24.5 Å². The number of nitrogens with zero attached hydrogens (tertiary/aromatic N) is 6. The first-order valence-electron chi connectivity index (χ1n) is 9.37. The monoisotopic (exact) mass is 377 g/mol. The highest BCUT2D eigenvalue weighted by molar-refractivity contribution is 5.89. The number of pyridine rings is 2. The lowest BCUT2D eigenvalue weighted by Crippen LogP contribution is -2.40. The first-order chi connectivity index (χ1) is 13.6. The molecule has 1 saturated heterocycles. The summed E-state index contributed by atoms with van der Waals surface area (Å²) in [6.07, 6.45) is 6.78. The summed E-state index contributed by atoms with van der Waals surface area (Å²) in [5.74, 6) is 0.953. The highest BCUT2D eigenvalue weighted by Gasteiger charge is 2.25. The third-order valence-electron chi connectivity index (χ3n) is 4.98. The van der Waals surface area contributed by atoms with E-state index in [-0.39, 0.29) is 6.03 Å². The van der Waals surface area contributed by atoms with Gasteiger partial charge in [-0.2, -0.15) is 0 Å². The van der Waals surface area contributed by atoms with Crippen LogP contribution >= 0.6 is 0 Å². The number of rotatable bonds is 3. The maximum Gasteiger partial charge on any atom is 0.321 e. The second kappa shape index (κ2) is 7.75. The molecule has 2 amide bonds. The van der Waals surface area contributed by atoms with Crippen LogP contribution in [0.5, 0.6) is 0 Å². The number of amides is 2. The van der Waals surface area contributed by atoms with Crippen LogP contribution in [0.25, 0.3) is 11.0 Å². The first-order valence-corrected chi connectivity index (χ1v) is 9.37. The Morgan fingerprint density at radius 3 is 2.57 bits per heavy atom. The third kappa shape index (κ3) is 3.85. The van der Waals surface area contributed by atoms with Crippen LogP contribution in [0.15, 0.2) is 42.9 Å². The predicted molar refractivity (Wildman–Crippen MR) is 108 cm³/mol. The van der Waals surface area contributed by atoms with Crippen molar-refractivity contribution in [2.75, 3.05) is 37.4 Å². The SMILES string of the molecule is CN(C)c1ncc(NC(=O)N2CCC(c3ccc4cccnc4n3)CC2)cn1.